The molecule has 0 aliphatic rings. The largest absolute Gasteiger partial charge is 0.330 e. The zero-order chi connectivity index (χ0) is 17.6. The molecule has 0 saturated heterocycles. The normalized spacial score (nSPS) is 10.2. The fourth-order valence-corrected chi connectivity index (χ4v) is 2.40. The smallest absolute Gasteiger partial charge is 0.305 e. The zero-order valence-corrected chi connectivity index (χ0v) is 16.8. The predicted octanol–water partition coefficient (Wildman–Crippen LogP) is 2.89. The molecule has 0 saturated carbocycles. The Balaban J connectivity index is 0.000000240. The second-order valence-electron chi connectivity index (χ2n) is 4.90. The van der Waals surface area contributed by atoms with E-state index in [9.17, 15) is 8.42 Å². The maximum Gasteiger partial charge on any atom is 0.330 e. The van der Waals surface area contributed by atoms with Gasteiger partial charge in [0.15, 0.2) is 0 Å². The van der Waals surface area contributed by atoms with Crippen LogP contribution >= 0.6 is 0 Å². The summed E-state index contributed by atoms with van der Waals surface area (Å²) in [5, 5.41) is -0.542. The van der Waals surface area contributed by atoms with Crippen molar-refractivity contribution < 1.29 is 33.1 Å². The Hall–Kier alpha value is -1.99. The number of benzene rings is 1. The molecule has 2 heterocycles. The van der Waals surface area contributed by atoms with Crippen molar-refractivity contribution in [3.63, 3.8) is 0 Å². The van der Waals surface area contributed by atoms with Crippen LogP contribution in [0.3, 0.4) is 0 Å². The SMILES string of the molecule is Cc1cc(C)nc(S(=O)(=O)O)n1.[Ir].[c-]1ccccc1-c1ccccn1. The van der Waals surface area contributed by atoms with Crippen LogP contribution in [0.15, 0.2) is 59.9 Å². The third-order valence-corrected chi connectivity index (χ3v) is 3.49. The predicted molar refractivity (Wildman–Crippen MR) is 89.8 cm³/mol. The Bertz CT molecular complexity index is 847. The molecule has 1 aromatic carbocycles. The van der Waals surface area contributed by atoms with E-state index >= 15 is 0 Å². The number of aryl methyl sites for hydroxylation is 2. The minimum absolute atomic E-state index is 0. The molecule has 0 fully saturated rings. The molecular weight excluding hydrogens is 518 g/mol. The monoisotopic (exact) mass is 535 g/mol. The third-order valence-electron chi connectivity index (χ3n) is 2.84. The Morgan fingerprint density at radius 3 is 2.12 bits per heavy atom. The fraction of sp³-hybridized carbons (Fsp3) is 0.118. The van der Waals surface area contributed by atoms with Gasteiger partial charge in [0.05, 0.1) is 0 Å². The minimum Gasteiger partial charge on any atom is -0.305 e. The summed E-state index contributed by atoms with van der Waals surface area (Å²) in [6, 6.07) is 18.4. The molecule has 25 heavy (non-hydrogen) atoms. The second kappa shape index (κ2) is 9.48. The van der Waals surface area contributed by atoms with Gasteiger partial charge in [-0.3, -0.25) is 4.55 Å². The van der Waals surface area contributed by atoms with Gasteiger partial charge < -0.3 is 4.98 Å². The Labute approximate surface area is 160 Å². The van der Waals surface area contributed by atoms with Gasteiger partial charge in [0.2, 0.25) is 0 Å². The number of hydrogen-bond acceptors (Lipinski definition) is 5. The van der Waals surface area contributed by atoms with Gasteiger partial charge in [-0.2, -0.15) is 8.42 Å². The summed E-state index contributed by atoms with van der Waals surface area (Å²) in [5.74, 6) is 0. The maximum absolute atomic E-state index is 10.6. The van der Waals surface area contributed by atoms with Crippen molar-refractivity contribution >= 4 is 10.1 Å². The van der Waals surface area contributed by atoms with E-state index < -0.39 is 15.3 Å². The summed E-state index contributed by atoms with van der Waals surface area (Å²) in [6.07, 6.45) is 1.79. The van der Waals surface area contributed by atoms with Crippen molar-refractivity contribution in [2.75, 3.05) is 0 Å². The van der Waals surface area contributed by atoms with Crippen LogP contribution in [0, 0.1) is 19.9 Å². The fourth-order valence-electron chi connectivity index (χ4n) is 1.88. The van der Waals surface area contributed by atoms with Crippen LogP contribution in [-0.2, 0) is 30.2 Å². The molecule has 1 N–H and O–H groups in total. The number of nitrogens with zero attached hydrogens (tertiary/aromatic N) is 3. The van der Waals surface area contributed by atoms with E-state index in [0.717, 1.165) is 11.3 Å². The minimum atomic E-state index is -4.27. The van der Waals surface area contributed by atoms with E-state index in [4.69, 9.17) is 4.55 Å². The van der Waals surface area contributed by atoms with Crippen molar-refractivity contribution in [3.8, 4) is 11.3 Å². The van der Waals surface area contributed by atoms with E-state index in [0.29, 0.717) is 11.4 Å². The molecule has 0 aliphatic heterocycles. The molecular formula is C17H16IrN3O3S-. The van der Waals surface area contributed by atoms with E-state index in [2.05, 4.69) is 21.0 Å². The number of pyridine rings is 1. The summed E-state index contributed by atoms with van der Waals surface area (Å²) in [5.41, 5.74) is 3.03. The van der Waals surface area contributed by atoms with Gasteiger partial charge in [-0.1, -0.05) is 12.1 Å². The van der Waals surface area contributed by atoms with Crippen molar-refractivity contribution in [2.45, 2.75) is 19.0 Å². The summed E-state index contributed by atoms with van der Waals surface area (Å²) in [6.45, 7) is 3.26. The zero-order valence-electron chi connectivity index (χ0n) is 13.5. The number of hydrogen-bond donors (Lipinski definition) is 1. The molecule has 0 atom stereocenters. The molecule has 0 unspecified atom stereocenters. The molecule has 2 aromatic heterocycles. The first-order valence-corrected chi connectivity index (χ1v) is 8.48. The van der Waals surface area contributed by atoms with E-state index in [-0.39, 0.29) is 20.1 Å². The van der Waals surface area contributed by atoms with Crippen LogP contribution in [0.1, 0.15) is 11.4 Å². The van der Waals surface area contributed by atoms with Gasteiger partial charge in [0, 0.05) is 37.7 Å². The first kappa shape index (κ1) is 21.1. The summed E-state index contributed by atoms with van der Waals surface area (Å²) < 4.78 is 29.7. The van der Waals surface area contributed by atoms with Gasteiger partial charge in [-0.25, -0.2) is 9.97 Å². The summed E-state index contributed by atoms with van der Waals surface area (Å²) >= 11 is 0. The molecule has 0 amide bonds. The molecule has 1 radical (unpaired) electrons. The van der Waals surface area contributed by atoms with Crippen LogP contribution in [0.5, 0.6) is 0 Å². The number of aromatic nitrogens is 3. The van der Waals surface area contributed by atoms with Crippen LogP contribution in [0.2, 0.25) is 0 Å². The molecule has 0 spiro atoms. The van der Waals surface area contributed by atoms with Gasteiger partial charge in [-0.05, 0) is 31.7 Å². The molecule has 0 aliphatic carbocycles. The van der Waals surface area contributed by atoms with Gasteiger partial charge in [0.25, 0.3) is 5.16 Å². The first-order valence-electron chi connectivity index (χ1n) is 7.04. The van der Waals surface area contributed by atoms with Crippen LogP contribution in [-0.4, -0.2) is 27.9 Å². The molecule has 3 rings (SSSR count). The third kappa shape index (κ3) is 6.80. The Morgan fingerprint density at radius 1 is 1.00 bits per heavy atom. The van der Waals surface area contributed by atoms with E-state index in [1.165, 1.54) is 0 Å². The van der Waals surface area contributed by atoms with Crippen LogP contribution in [0.4, 0.5) is 0 Å². The van der Waals surface area contributed by atoms with Crippen molar-refractivity contribution in [3.05, 3.63) is 72.2 Å². The van der Waals surface area contributed by atoms with E-state index in [1.807, 2.05) is 42.5 Å². The standard InChI is InChI=1S/C11H8N.C6H8N2O3S.Ir/c1-2-6-10(7-3-1)11-8-4-5-9-12-11;1-4-3-5(2)8-6(7-4)12(9,10)11;/h1-6,8-9H;3H,1-2H3,(H,9,10,11);/q-1;;. The van der Waals surface area contributed by atoms with Crippen molar-refractivity contribution in [1.82, 2.24) is 15.0 Å². The quantitative estimate of drug-likeness (QED) is 0.309. The van der Waals surface area contributed by atoms with Gasteiger partial charge in [-0.15, -0.1) is 35.9 Å². The van der Waals surface area contributed by atoms with Gasteiger partial charge >= 0.3 is 10.1 Å². The Morgan fingerprint density at radius 2 is 1.64 bits per heavy atom. The second-order valence-corrected chi connectivity index (χ2v) is 6.21. The van der Waals surface area contributed by atoms with E-state index in [1.54, 1.807) is 26.1 Å². The summed E-state index contributed by atoms with van der Waals surface area (Å²) in [4.78, 5) is 11.3. The maximum atomic E-state index is 10.6. The molecule has 3 aromatic rings. The first-order chi connectivity index (χ1) is 11.4. The Kier molecular flexibility index (Phi) is 7.98. The van der Waals surface area contributed by atoms with Crippen molar-refractivity contribution in [2.24, 2.45) is 0 Å². The van der Waals surface area contributed by atoms with Crippen LogP contribution < -0.4 is 0 Å². The average Bonchev–Trinajstić information content (AvgIpc) is 2.55. The molecule has 0 bridgehead atoms. The average molecular weight is 535 g/mol. The topological polar surface area (TPSA) is 93.0 Å². The molecule has 133 valence electrons. The van der Waals surface area contributed by atoms with Gasteiger partial charge in [0.1, 0.15) is 0 Å². The number of rotatable bonds is 2. The molecule has 8 heteroatoms. The van der Waals surface area contributed by atoms with Crippen LogP contribution in [0.25, 0.3) is 11.3 Å². The summed E-state index contributed by atoms with van der Waals surface area (Å²) in [7, 11) is -4.27. The molecule has 6 nitrogen and oxygen atoms in total. The van der Waals surface area contributed by atoms with Crippen molar-refractivity contribution in [1.29, 1.82) is 0 Å².